The largest absolute Gasteiger partial charge is 0.502 e. The highest BCUT2D eigenvalue weighted by Crippen LogP contribution is 2.32. The van der Waals surface area contributed by atoms with E-state index < -0.39 is 16.4 Å². The lowest BCUT2D eigenvalue weighted by Crippen LogP contribution is -2.26. The zero-order valence-electron chi connectivity index (χ0n) is 16.0. The van der Waals surface area contributed by atoms with Gasteiger partial charge in [-0.25, -0.2) is 0 Å². The number of phenols is 1. The van der Waals surface area contributed by atoms with E-state index in [1.807, 2.05) is 0 Å². The van der Waals surface area contributed by atoms with Gasteiger partial charge in [0.1, 0.15) is 17.2 Å². The minimum atomic E-state index is -0.697. The van der Waals surface area contributed by atoms with E-state index in [-0.39, 0.29) is 17.4 Å². The Labute approximate surface area is 168 Å². The summed E-state index contributed by atoms with van der Waals surface area (Å²) in [6.45, 7) is 3.99. The maximum absolute atomic E-state index is 12.3. The van der Waals surface area contributed by atoms with E-state index in [1.165, 1.54) is 50.3 Å². The van der Waals surface area contributed by atoms with Crippen LogP contribution in [0.3, 0.4) is 0 Å². The van der Waals surface area contributed by atoms with Crippen LogP contribution in [0.1, 0.15) is 36.2 Å². The van der Waals surface area contributed by atoms with Gasteiger partial charge in [-0.3, -0.25) is 19.9 Å². The molecule has 0 radical (unpaired) electrons. The van der Waals surface area contributed by atoms with Crippen LogP contribution >= 0.6 is 0 Å². The van der Waals surface area contributed by atoms with Gasteiger partial charge in [0, 0.05) is 18.8 Å². The molecule has 0 aliphatic carbocycles. The summed E-state index contributed by atoms with van der Waals surface area (Å²) in [5.41, 5.74) is -0.251. The molecule has 154 valence electrons. The quantitative estimate of drug-likeness (QED) is 0.377. The molecule has 0 atom stereocenters. The van der Waals surface area contributed by atoms with Gasteiger partial charge in [0.2, 0.25) is 0 Å². The second-order valence-corrected chi connectivity index (χ2v) is 6.90. The number of aromatic hydroxyl groups is 1. The summed E-state index contributed by atoms with van der Waals surface area (Å²) in [6, 6.07) is 6.73. The molecule has 1 aromatic heterocycles. The molecular weight excluding hydrogens is 376 g/mol. The molecule has 29 heavy (non-hydrogen) atoms. The molecule has 0 bridgehead atoms. The third-order valence-electron chi connectivity index (χ3n) is 4.73. The van der Waals surface area contributed by atoms with Crippen LogP contribution in [-0.4, -0.2) is 52.0 Å². The lowest BCUT2D eigenvalue weighted by molar-refractivity contribution is -0.385. The Balaban J connectivity index is 1.51. The number of phenolic OH excluding ortho intramolecular Hbond substituents is 1. The first-order valence-corrected chi connectivity index (χ1v) is 9.65. The van der Waals surface area contributed by atoms with Gasteiger partial charge in [0.15, 0.2) is 5.75 Å². The molecule has 0 saturated carbocycles. The van der Waals surface area contributed by atoms with Crippen LogP contribution < -0.4 is 10.1 Å². The van der Waals surface area contributed by atoms with Crippen molar-refractivity contribution in [3.63, 3.8) is 0 Å². The lowest BCUT2D eigenvalue weighted by atomic mass is 10.2. The summed E-state index contributed by atoms with van der Waals surface area (Å²) in [4.78, 5) is 29.0. The Morgan fingerprint density at radius 2 is 1.97 bits per heavy atom. The molecule has 1 aliphatic rings. The molecule has 2 aromatic rings. The van der Waals surface area contributed by atoms with Crippen molar-refractivity contribution in [1.29, 1.82) is 0 Å². The number of rotatable bonds is 9. The SMILES string of the molecule is O=C(NCCCCN1CCCC1)c1cc(Oc2ccc(O)c([N+](=O)[O-])c2)ccn1. The molecule has 2 N–H and O–H groups in total. The number of ether oxygens (including phenoxy) is 1. The van der Waals surface area contributed by atoms with E-state index in [9.17, 15) is 20.0 Å². The van der Waals surface area contributed by atoms with Gasteiger partial charge in [0.05, 0.1) is 11.0 Å². The normalized spacial score (nSPS) is 13.9. The van der Waals surface area contributed by atoms with Crippen LogP contribution in [0.2, 0.25) is 0 Å². The molecule has 2 heterocycles. The highest BCUT2D eigenvalue weighted by Gasteiger charge is 2.15. The predicted molar refractivity (Wildman–Crippen MR) is 106 cm³/mol. The first kappa shape index (κ1) is 20.5. The summed E-state index contributed by atoms with van der Waals surface area (Å²) >= 11 is 0. The third-order valence-corrected chi connectivity index (χ3v) is 4.73. The fraction of sp³-hybridized carbons (Fsp3) is 0.400. The molecule has 1 aliphatic heterocycles. The van der Waals surface area contributed by atoms with Gasteiger partial charge in [-0.1, -0.05) is 0 Å². The minimum absolute atomic E-state index is 0.175. The van der Waals surface area contributed by atoms with Crippen LogP contribution in [0.15, 0.2) is 36.5 Å². The van der Waals surface area contributed by atoms with Gasteiger partial charge in [-0.15, -0.1) is 0 Å². The van der Waals surface area contributed by atoms with Crippen molar-refractivity contribution < 1.29 is 19.6 Å². The van der Waals surface area contributed by atoms with E-state index in [4.69, 9.17) is 4.74 Å². The Morgan fingerprint density at radius 3 is 2.72 bits per heavy atom. The molecule has 1 fully saturated rings. The number of nitro benzene ring substituents is 1. The fourth-order valence-electron chi connectivity index (χ4n) is 3.21. The van der Waals surface area contributed by atoms with Gasteiger partial charge in [-0.2, -0.15) is 0 Å². The van der Waals surface area contributed by atoms with Gasteiger partial charge < -0.3 is 20.1 Å². The molecule has 9 heteroatoms. The monoisotopic (exact) mass is 400 g/mol. The summed E-state index contributed by atoms with van der Waals surface area (Å²) in [5, 5.41) is 23.3. The number of carbonyl (C=O) groups excluding carboxylic acids is 1. The first-order chi connectivity index (χ1) is 14.0. The zero-order valence-corrected chi connectivity index (χ0v) is 16.0. The molecule has 0 spiro atoms. The van der Waals surface area contributed by atoms with E-state index in [2.05, 4.69) is 15.2 Å². The molecule has 1 saturated heterocycles. The number of likely N-dealkylation sites (tertiary alicyclic amines) is 1. The maximum Gasteiger partial charge on any atom is 0.314 e. The van der Waals surface area contributed by atoms with E-state index in [0.29, 0.717) is 12.3 Å². The van der Waals surface area contributed by atoms with Crippen molar-refractivity contribution in [2.45, 2.75) is 25.7 Å². The van der Waals surface area contributed by atoms with Crippen LogP contribution in [0, 0.1) is 10.1 Å². The lowest BCUT2D eigenvalue weighted by Gasteiger charge is -2.14. The Kier molecular flexibility index (Phi) is 6.96. The van der Waals surface area contributed by atoms with Gasteiger partial charge >= 0.3 is 5.69 Å². The van der Waals surface area contributed by atoms with E-state index >= 15 is 0 Å². The van der Waals surface area contributed by atoms with Crippen molar-refractivity contribution in [2.75, 3.05) is 26.2 Å². The number of carbonyl (C=O) groups is 1. The second-order valence-electron chi connectivity index (χ2n) is 6.90. The average Bonchev–Trinajstić information content (AvgIpc) is 3.22. The smallest absolute Gasteiger partial charge is 0.314 e. The molecule has 3 rings (SSSR count). The van der Waals surface area contributed by atoms with Crippen LogP contribution in [0.4, 0.5) is 5.69 Å². The van der Waals surface area contributed by atoms with E-state index in [0.717, 1.165) is 25.5 Å². The number of aromatic nitrogens is 1. The number of unbranched alkanes of at least 4 members (excludes halogenated alkanes) is 1. The Hall–Kier alpha value is -3.20. The van der Waals surface area contributed by atoms with Crippen molar-refractivity contribution in [1.82, 2.24) is 15.2 Å². The number of pyridine rings is 1. The molecule has 9 nitrogen and oxygen atoms in total. The number of amides is 1. The number of hydrogen-bond acceptors (Lipinski definition) is 7. The highest BCUT2D eigenvalue weighted by atomic mass is 16.6. The summed E-state index contributed by atoms with van der Waals surface area (Å²) in [5.74, 6) is -0.247. The van der Waals surface area contributed by atoms with Crippen molar-refractivity contribution in [3.8, 4) is 17.2 Å². The molecule has 0 unspecified atom stereocenters. The number of benzene rings is 1. The third kappa shape index (κ3) is 5.89. The number of nitrogens with zero attached hydrogens (tertiary/aromatic N) is 3. The molecule has 1 aromatic carbocycles. The number of nitro groups is 1. The zero-order chi connectivity index (χ0) is 20.6. The van der Waals surface area contributed by atoms with Crippen molar-refractivity contribution >= 4 is 11.6 Å². The Morgan fingerprint density at radius 1 is 1.21 bits per heavy atom. The highest BCUT2D eigenvalue weighted by molar-refractivity contribution is 5.92. The van der Waals surface area contributed by atoms with Crippen molar-refractivity contribution in [3.05, 3.63) is 52.3 Å². The minimum Gasteiger partial charge on any atom is -0.502 e. The molecular formula is C20H24N4O5. The van der Waals surface area contributed by atoms with Crippen LogP contribution in [0.5, 0.6) is 17.2 Å². The fourth-order valence-corrected chi connectivity index (χ4v) is 3.21. The summed E-state index contributed by atoms with van der Waals surface area (Å²) in [7, 11) is 0. The topological polar surface area (TPSA) is 118 Å². The second kappa shape index (κ2) is 9.83. The first-order valence-electron chi connectivity index (χ1n) is 9.65. The Bertz CT molecular complexity index is 868. The van der Waals surface area contributed by atoms with Gasteiger partial charge in [-0.05, 0) is 63.5 Å². The molecule has 1 amide bonds. The van der Waals surface area contributed by atoms with Crippen LogP contribution in [-0.2, 0) is 0 Å². The van der Waals surface area contributed by atoms with Crippen LogP contribution in [0.25, 0.3) is 0 Å². The maximum atomic E-state index is 12.3. The number of nitrogens with one attached hydrogen (secondary N) is 1. The summed E-state index contributed by atoms with van der Waals surface area (Å²) in [6.07, 6.45) is 5.93. The van der Waals surface area contributed by atoms with Crippen molar-refractivity contribution in [2.24, 2.45) is 0 Å². The summed E-state index contributed by atoms with van der Waals surface area (Å²) < 4.78 is 5.57. The van der Waals surface area contributed by atoms with E-state index in [1.54, 1.807) is 6.07 Å². The number of hydrogen-bond donors (Lipinski definition) is 2. The van der Waals surface area contributed by atoms with Gasteiger partial charge in [0.25, 0.3) is 5.91 Å². The predicted octanol–water partition coefficient (Wildman–Crippen LogP) is 3.09. The standard InChI is InChI=1S/C20H24N4O5/c25-19-6-5-15(14-18(19)24(27)28)29-16-7-9-21-17(13-16)20(26)22-8-1-2-10-23-11-3-4-12-23/h5-7,9,13-14,25H,1-4,8,10-12H2,(H,22,26). The average molecular weight is 400 g/mol.